The normalized spacial score (nSPS) is 19.6. The average molecular weight is 553 g/mol. The topological polar surface area (TPSA) is 112 Å². The summed E-state index contributed by atoms with van der Waals surface area (Å²) in [6.07, 6.45) is 3.42. The molecule has 41 heavy (non-hydrogen) atoms. The summed E-state index contributed by atoms with van der Waals surface area (Å²) < 4.78 is 7.85. The number of nitrogens with one attached hydrogen (secondary N) is 1. The first kappa shape index (κ1) is 27.1. The zero-order chi connectivity index (χ0) is 28.5. The van der Waals surface area contributed by atoms with Crippen LogP contribution in [0.2, 0.25) is 0 Å². The first-order valence-electron chi connectivity index (χ1n) is 14.5. The Morgan fingerprint density at radius 1 is 1.12 bits per heavy atom. The Morgan fingerprint density at radius 2 is 1.95 bits per heavy atom. The number of nitriles is 1. The Morgan fingerprint density at radius 3 is 2.71 bits per heavy atom. The maximum atomic E-state index is 14.4. The molecule has 2 saturated heterocycles. The third-order valence-electron chi connectivity index (χ3n) is 8.41. The fourth-order valence-corrected chi connectivity index (χ4v) is 6.21. The second kappa shape index (κ2) is 11.4. The third-order valence-corrected chi connectivity index (χ3v) is 8.41. The highest BCUT2D eigenvalue weighted by Crippen LogP contribution is 2.29. The number of hydrogen-bond acceptors (Lipinski definition) is 9. The predicted octanol–water partition coefficient (Wildman–Crippen LogP) is 3.36. The second-order valence-corrected chi connectivity index (χ2v) is 11.0. The van der Waals surface area contributed by atoms with Gasteiger partial charge in [0.2, 0.25) is 0 Å². The van der Waals surface area contributed by atoms with E-state index in [0.29, 0.717) is 49.8 Å². The number of likely N-dealkylation sites (tertiary alicyclic amines) is 1. The Bertz CT molecular complexity index is 1690. The molecule has 212 valence electrons. The van der Waals surface area contributed by atoms with E-state index in [9.17, 15) is 10.1 Å². The maximum absolute atomic E-state index is 14.4. The maximum Gasteiger partial charge on any atom is 0.319 e. The summed E-state index contributed by atoms with van der Waals surface area (Å²) in [7, 11) is 2.10. The molecule has 0 spiro atoms. The molecule has 2 atom stereocenters. The lowest BCUT2D eigenvalue weighted by molar-refractivity contribution is 0.188. The van der Waals surface area contributed by atoms with Crippen molar-refractivity contribution in [2.75, 3.05) is 44.7 Å². The van der Waals surface area contributed by atoms with Crippen molar-refractivity contribution in [1.29, 1.82) is 5.26 Å². The zero-order valence-electron chi connectivity index (χ0n) is 23.9. The van der Waals surface area contributed by atoms with E-state index in [4.69, 9.17) is 14.7 Å². The zero-order valence-corrected chi connectivity index (χ0v) is 23.9. The van der Waals surface area contributed by atoms with Crippen LogP contribution in [-0.2, 0) is 6.42 Å². The van der Waals surface area contributed by atoms with Crippen LogP contribution >= 0.6 is 0 Å². The Balaban J connectivity index is 1.52. The predicted molar refractivity (Wildman–Crippen MR) is 160 cm³/mol. The fourth-order valence-electron chi connectivity index (χ4n) is 6.21. The number of benzene rings is 2. The summed E-state index contributed by atoms with van der Waals surface area (Å²) in [6.45, 7) is 7.43. The standard InChI is InChI=1S/C31H36N8O2/c1-4-21-8-5-9-22-10-6-12-25(26(21)22)39-20(2)34-27-28(30(39)40)35-31(41-19-24-11-7-16-37(24)3)36-29(27)38-17-15-33-23(18-38)13-14-32/h5-6,8-10,12,23-24,33H,4,7,11,13,15-19H2,1-3H3/t23-,24-/m0/s1. The van der Waals surface area contributed by atoms with Crippen LogP contribution in [0.3, 0.4) is 0 Å². The minimum absolute atomic E-state index is 0.000104. The van der Waals surface area contributed by atoms with Gasteiger partial charge in [-0.25, -0.2) is 4.98 Å². The lowest BCUT2D eigenvalue weighted by Crippen LogP contribution is -2.51. The van der Waals surface area contributed by atoms with Gasteiger partial charge in [0, 0.05) is 37.1 Å². The number of anilines is 1. The van der Waals surface area contributed by atoms with Crippen molar-refractivity contribution in [2.24, 2.45) is 0 Å². The quantitative estimate of drug-likeness (QED) is 0.369. The summed E-state index contributed by atoms with van der Waals surface area (Å²) in [5, 5.41) is 14.8. The summed E-state index contributed by atoms with van der Waals surface area (Å²) in [5.74, 6) is 1.14. The first-order valence-corrected chi connectivity index (χ1v) is 14.5. The van der Waals surface area contributed by atoms with Gasteiger partial charge in [-0.05, 0) is 56.8 Å². The van der Waals surface area contributed by atoms with E-state index in [1.54, 1.807) is 4.57 Å². The molecular weight excluding hydrogens is 516 g/mol. The Labute approximate surface area is 239 Å². The van der Waals surface area contributed by atoms with Crippen LogP contribution in [0.5, 0.6) is 6.01 Å². The van der Waals surface area contributed by atoms with E-state index in [-0.39, 0.29) is 29.2 Å². The summed E-state index contributed by atoms with van der Waals surface area (Å²) in [5.41, 5.74) is 2.41. The van der Waals surface area contributed by atoms with Crippen molar-refractivity contribution in [3.63, 3.8) is 0 Å². The summed E-state index contributed by atoms with van der Waals surface area (Å²) in [6, 6.07) is 15.0. The van der Waals surface area contributed by atoms with Crippen LogP contribution in [0.15, 0.2) is 41.2 Å². The van der Waals surface area contributed by atoms with Gasteiger partial charge in [0.15, 0.2) is 11.3 Å². The molecule has 2 fully saturated rings. The van der Waals surface area contributed by atoms with Gasteiger partial charge in [-0.3, -0.25) is 9.36 Å². The van der Waals surface area contributed by atoms with Gasteiger partial charge in [-0.15, -0.1) is 0 Å². The minimum Gasteiger partial charge on any atom is -0.462 e. The largest absolute Gasteiger partial charge is 0.462 e. The minimum atomic E-state index is -0.249. The highest BCUT2D eigenvalue weighted by Gasteiger charge is 2.27. The van der Waals surface area contributed by atoms with E-state index >= 15 is 0 Å². The van der Waals surface area contributed by atoms with Gasteiger partial charge in [0.25, 0.3) is 5.56 Å². The highest BCUT2D eigenvalue weighted by molar-refractivity contribution is 5.94. The third kappa shape index (κ3) is 5.11. The van der Waals surface area contributed by atoms with Crippen molar-refractivity contribution < 1.29 is 4.74 Å². The number of likely N-dealkylation sites (N-methyl/N-ethyl adjacent to an activating group) is 1. The van der Waals surface area contributed by atoms with Crippen LogP contribution < -0.4 is 20.5 Å². The molecule has 2 aromatic heterocycles. The molecule has 10 nitrogen and oxygen atoms in total. The monoisotopic (exact) mass is 552 g/mol. The van der Waals surface area contributed by atoms with Crippen LogP contribution in [0.4, 0.5) is 5.82 Å². The van der Waals surface area contributed by atoms with Crippen molar-refractivity contribution >= 4 is 27.6 Å². The van der Waals surface area contributed by atoms with Crippen molar-refractivity contribution in [3.8, 4) is 17.8 Å². The number of rotatable bonds is 7. The molecule has 0 bridgehead atoms. The molecule has 2 aliphatic heterocycles. The smallest absolute Gasteiger partial charge is 0.319 e. The molecule has 0 unspecified atom stereocenters. The van der Waals surface area contributed by atoms with Crippen molar-refractivity contribution in [2.45, 2.75) is 51.6 Å². The second-order valence-electron chi connectivity index (χ2n) is 11.0. The van der Waals surface area contributed by atoms with E-state index in [1.807, 2.05) is 19.1 Å². The molecule has 0 saturated carbocycles. The number of fused-ring (bicyclic) bond motifs is 2. The summed E-state index contributed by atoms with van der Waals surface area (Å²) in [4.78, 5) is 33.2. The highest BCUT2D eigenvalue weighted by atomic mass is 16.5. The van der Waals surface area contributed by atoms with Crippen molar-refractivity contribution in [3.05, 3.63) is 58.1 Å². The van der Waals surface area contributed by atoms with E-state index in [2.05, 4.69) is 64.4 Å². The lowest BCUT2D eigenvalue weighted by atomic mass is 10.0. The lowest BCUT2D eigenvalue weighted by Gasteiger charge is -2.34. The van der Waals surface area contributed by atoms with Gasteiger partial charge in [0.05, 0.1) is 18.2 Å². The van der Waals surface area contributed by atoms with Gasteiger partial charge in [-0.2, -0.15) is 15.2 Å². The number of ether oxygens (including phenoxy) is 1. The molecule has 0 amide bonds. The number of aromatic nitrogens is 4. The first-order chi connectivity index (χ1) is 20.0. The molecule has 6 rings (SSSR count). The van der Waals surface area contributed by atoms with Gasteiger partial charge >= 0.3 is 6.01 Å². The Kier molecular flexibility index (Phi) is 7.56. The van der Waals surface area contributed by atoms with Gasteiger partial charge in [0.1, 0.15) is 17.9 Å². The van der Waals surface area contributed by atoms with Gasteiger partial charge in [-0.1, -0.05) is 37.3 Å². The molecule has 0 aliphatic carbocycles. The number of aryl methyl sites for hydroxylation is 2. The molecule has 0 radical (unpaired) electrons. The molecule has 1 N–H and O–H groups in total. The Hall–Kier alpha value is -4.07. The number of nitrogens with zero attached hydrogens (tertiary/aromatic N) is 7. The van der Waals surface area contributed by atoms with Crippen LogP contribution in [-0.4, -0.2) is 76.3 Å². The number of hydrogen-bond donors (Lipinski definition) is 1. The molecule has 4 heterocycles. The molecular formula is C31H36N8O2. The molecule has 4 aromatic rings. The average Bonchev–Trinajstić information content (AvgIpc) is 3.40. The van der Waals surface area contributed by atoms with Crippen molar-refractivity contribution in [1.82, 2.24) is 29.7 Å². The molecule has 2 aliphatic rings. The van der Waals surface area contributed by atoms with Crippen LogP contribution in [0, 0.1) is 18.3 Å². The van der Waals surface area contributed by atoms with E-state index in [0.717, 1.165) is 42.3 Å². The fraction of sp³-hybridized carbons (Fsp3) is 0.452. The SMILES string of the molecule is CCc1cccc2cccc(-n3c(C)nc4c(N5CCN[C@@H](CC#N)C5)nc(OC[C@@H]5CCCN5C)nc4c3=O)c12. The van der Waals surface area contributed by atoms with Crippen LogP contribution in [0.1, 0.15) is 37.6 Å². The van der Waals surface area contributed by atoms with Crippen LogP contribution in [0.25, 0.3) is 27.5 Å². The van der Waals surface area contributed by atoms with E-state index < -0.39 is 0 Å². The molecule has 2 aromatic carbocycles. The van der Waals surface area contributed by atoms with E-state index in [1.165, 1.54) is 5.56 Å². The van der Waals surface area contributed by atoms with Gasteiger partial charge < -0.3 is 19.9 Å². The number of piperazine rings is 1. The molecule has 10 heteroatoms. The summed E-state index contributed by atoms with van der Waals surface area (Å²) >= 11 is 0.